The maximum atomic E-state index is 10.2. The molecular formula is C16H13NO2. The van der Waals surface area contributed by atoms with E-state index < -0.39 is 0 Å². The van der Waals surface area contributed by atoms with Crippen LogP contribution >= 0.6 is 0 Å². The van der Waals surface area contributed by atoms with Crippen LogP contribution in [0.3, 0.4) is 0 Å². The van der Waals surface area contributed by atoms with Crippen molar-refractivity contribution in [3.8, 4) is 22.6 Å². The maximum absolute atomic E-state index is 10.2. The zero-order valence-corrected chi connectivity index (χ0v) is 10.5. The van der Waals surface area contributed by atoms with E-state index in [0.717, 1.165) is 22.0 Å². The highest BCUT2D eigenvalue weighted by Gasteiger charge is 2.10. The molecule has 0 saturated carbocycles. The summed E-state index contributed by atoms with van der Waals surface area (Å²) in [5, 5.41) is 11.2. The third kappa shape index (κ3) is 1.99. The molecular weight excluding hydrogens is 238 g/mol. The van der Waals surface area contributed by atoms with Crippen LogP contribution in [0.2, 0.25) is 0 Å². The molecule has 0 aliphatic carbocycles. The highest BCUT2D eigenvalue weighted by atomic mass is 16.5. The lowest BCUT2D eigenvalue weighted by molar-refractivity contribution is 0.374. The number of aromatic hydroxyl groups is 1. The number of phenolic OH excluding ortho intramolecular Hbond substituents is 1. The largest absolute Gasteiger partial charge is 0.504 e. The molecule has 1 N–H and O–H groups in total. The lowest BCUT2D eigenvalue weighted by Gasteiger charge is -2.09. The van der Waals surface area contributed by atoms with Gasteiger partial charge in [-0.15, -0.1) is 0 Å². The van der Waals surface area contributed by atoms with Crippen molar-refractivity contribution in [3.05, 3.63) is 54.7 Å². The van der Waals surface area contributed by atoms with Gasteiger partial charge in [0.25, 0.3) is 0 Å². The molecule has 19 heavy (non-hydrogen) atoms. The summed E-state index contributed by atoms with van der Waals surface area (Å²) in [6.07, 6.45) is 1.76. The molecule has 0 spiro atoms. The Hall–Kier alpha value is -2.55. The fourth-order valence-electron chi connectivity index (χ4n) is 2.14. The number of methoxy groups -OCH3 is 1. The van der Waals surface area contributed by atoms with Gasteiger partial charge in [-0.2, -0.15) is 0 Å². The summed E-state index contributed by atoms with van der Waals surface area (Å²) in [5.41, 5.74) is 2.53. The minimum absolute atomic E-state index is 0.141. The molecule has 1 heterocycles. The molecule has 3 aromatic rings. The Labute approximate surface area is 111 Å². The molecule has 1 aromatic heterocycles. The van der Waals surface area contributed by atoms with Gasteiger partial charge in [0.1, 0.15) is 0 Å². The number of ether oxygens (including phenoxy) is 1. The number of nitrogens with zero attached hydrogens (tertiary/aromatic N) is 1. The second kappa shape index (κ2) is 4.61. The summed E-state index contributed by atoms with van der Waals surface area (Å²) in [4.78, 5) is 4.40. The third-order valence-electron chi connectivity index (χ3n) is 3.12. The quantitative estimate of drug-likeness (QED) is 0.756. The average Bonchev–Trinajstić information content (AvgIpc) is 2.47. The van der Waals surface area contributed by atoms with Crippen LogP contribution in [0.15, 0.2) is 54.7 Å². The number of rotatable bonds is 2. The first kappa shape index (κ1) is 11.5. The van der Waals surface area contributed by atoms with Crippen molar-refractivity contribution < 1.29 is 9.84 Å². The normalized spacial score (nSPS) is 10.6. The van der Waals surface area contributed by atoms with E-state index >= 15 is 0 Å². The van der Waals surface area contributed by atoms with Gasteiger partial charge in [-0.05, 0) is 18.2 Å². The van der Waals surface area contributed by atoms with Crippen LogP contribution in [0, 0.1) is 0 Å². The lowest BCUT2D eigenvalue weighted by Crippen LogP contribution is -1.87. The molecule has 0 aliphatic rings. The first-order chi connectivity index (χ1) is 9.29. The van der Waals surface area contributed by atoms with Gasteiger partial charge in [-0.1, -0.05) is 30.3 Å². The summed E-state index contributed by atoms with van der Waals surface area (Å²) >= 11 is 0. The zero-order valence-electron chi connectivity index (χ0n) is 10.5. The van der Waals surface area contributed by atoms with Gasteiger partial charge in [-0.3, -0.25) is 4.98 Å². The van der Waals surface area contributed by atoms with Crippen LogP contribution in [0.4, 0.5) is 0 Å². The summed E-state index contributed by atoms with van der Waals surface area (Å²) in [6, 6.07) is 15.3. The molecule has 94 valence electrons. The van der Waals surface area contributed by atoms with Crippen molar-refractivity contribution in [2.24, 2.45) is 0 Å². The number of aromatic nitrogens is 1. The topological polar surface area (TPSA) is 42.4 Å². The highest BCUT2D eigenvalue weighted by Crippen LogP contribution is 2.37. The molecule has 0 saturated heterocycles. The average molecular weight is 251 g/mol. The molecule has 3 nitrogen and oxygen atoms in total. The predicted octanol–water partition coefficient (Wildman–Crippen LogP) is 3.62. The fourth-order valence-corrected chi connectivity index (χ4v) is 2.14. The number of para-hydroxylation sites is 2. The molecule has 2 aromatic carbocycles. The Morgan fingerprint density at radius 3 is 2.74 bits per heavy atom. The molecule has 0 unspecified atom stereocenters. The first-order valence-electron chi connectivity index (χ1n) is 6.01. The molecule has 0 radical (unpaired) electrons. The van der Waals surface area contributed by atoms with E-state index in [1.54, 1.807) is 12.3 Å². The Bertz CT molecular complexity index is 738. The maximum Gasteiger partial charge on any atom is 0.165 e. The van der Waals surface area contributed by atoms with E-state index in [1.165, 1.54) is 7.11 Å². The van der Waals surface area contributed by atoms with Crippen LogP contribution in [0.5, 0.6) is 11.5 Å². The standard InChI is InChI=1S/C16H13NO2/c1-19-15-8-4-6-13(16(15)18)12-9-11-5-2-3-7-14(11)17-10-12/h2-10,18H,1H3. The molecule has 3 heteroatoms. The third-order valence-corrected chi connectivity index (χ3v) is 3.12. The van der Waals surface area contributed by atoms with Crippen molar-refractivity contribution in [3.63, 3.8) is 0 Å². The van der Waals surface area contributed by atoms with Gasteiger partial charge in [0, 0.05) is 22.7 Å². The fraction of sp³-hybridized carbons (Fsp3) is 0.0625. The van der Waals surface area contributed by atoms with E-state index in [-0.39, 0.29) is 5.75 Å². The van der Waals surface area contributed by atoms with Crippen molar-refractivity contribution in [2.75, 3.05) is 7.11 Å². The highest BCUT2D eigenvalue weighted by molar-refractivity contribution is 5.85. The zero-order chi connectivity index (χ0) is 13.2. The summed E-state index contributed by atoms with van der Waals surface area (Å²) in [7, 11) is 1.54. The summed E-state index contributed by atoms with van der Waals surface area (Å²) < 4.78 is 5.12. The van der Waals surface area contributed by atoms with Crippen molar-refractivity contribution in [2.45, 2.75) is 0 Å². The number of pyridine rings is 1. The van der Waals surface area contributed by atoms with E-state index in [2.05, 4.69) is 4.98 Å². The molecule has 0 atom stereocenters. The second-order valence-corrected chi connectivity index (χ2v) is 4.27. The molecule has 3 rings (SSSR count). The van der Waals surface area contributed by atoms with Crippen LogP contribution in [0.25, 0.3) is 22.0 Å². The Balaban J connectivity index is 2.19. The minimum Gasteiger partial charge on any atom is -0.504 e. The number of fused-ring (bicyclic) bond motifs is 1. The monoisotopic (exact) mass is 251 g/mol. The van der Waals surface area contributed by atoms with Crippen LogP contribution in [-0.4, -0.2) is 17.2 Å². The number of benzene rings is 2. The first-order valence-corrected chi connectivity index (χ1v) is 6.01. The van der Waals surface area contributed by atoms with Crippen LogP contribution < -0.4 is 4.74 Å². The van der Waals surface area contributed by atoms with Gasteiger partial charge in [-0.25, -0.2) is 0 Å². The summed E-state index contributed by atoms with van der Waals surface area (Å²) in [6.45, 7) is 0. The summed E-state index contributed by atoms with van der Waals surface area (Å²) in [5.74, 6) is 0.604. The lowest BCUT2D eigenvalue weighted by atomic mass is 10.0. The van der Waals surface area contributed by atoms with E-state index in [4.69, 9.17) is 4.74 Å². The predicted molar refractivity (Wildman–Crippen MR) is 75.4 cm³/mol. The molecule has 0 fully saturated rings. The SMILES string of the molecule is COc1cccc(-c2cnc3ccccc3c2)c1O. The molecule has 0 aliphatic heterocycles. The van der Waals surface area contributed by atoms with Gasteiger partial charge in [0.2, 0.25) is 0 Å². The van der Waals surface area contributed by atoms with Gasteiger partial charge < -0.3 is 9.84 Å². The number of hydrogen-bond acceptors (Lipinski definition) is 3. The van der Waals surface area contributed by atoms with Gasteiger partial charge >= 0.3 is 0 Å². The Morgan fingerprint density at radius 2 is 1.89 bits per heavy atom. The van der Waals surface area contributed by atoms with Gasteiger partial charge in [0.15, 0.2) is 11.5 Å². The molecule has 0 amide bonds. The Kier molecular flexibility index (Phi) is 2.80. The molecule has 0 bridgehead atoms. The van der Waals surface area contributed by atoms with Crippen molar-refractivity contribution in [1.82, 2.24) is 4.98 Å². The smallest absolute Gasteiger partial charge is 0.165 e. The minimum atomic E-state index is 0.141. The van der Waals surface area contributed by atoms with E-state index in [9.17, 15) is 5.11 Å². The van der Waals surface area contributed by atoms with E-state index in [1.807, 2.05) is 42.5 Å². The number of phenols is 1. The van der Waals surface area contributed by atoms with Crippen molar-refractivity contribution in [1.29, 1.82) is 0 Å². The van der Waals surface area contributed by atoms with Crippen LogP contribution in [-0.2, 0) is 0 Å². The van der Waals surface area contributed by atoms with E-state index in [0.29, 0.717) is 5.75 Å². The van der Waals surface area contributed by atoms with Crippen molar-refractivity contribution >= 4 is 10.9 Å². The van der Waals surface area contributed by atoms with Gasteiger partial charge in [0.05, 0.1) is 12.6 Å². The second-order valence-electron chi connectivity index (χ2n) is 4.27. The Morgan fingerprint density at radius 1 is 1.05 bits per heavy atom. The number of hydrogen-bond donors (Lipinski definition) is 1. The van der Waals surface area contributed by atoms with Crippen LogP contribution in [0.1, 0.15) is 0 Å².